The van der Waals surface area contributed by atoms with E-state index in [-0.39, 0.29) is 0 Å². The number of hydrogen-bond acceptors (Lipinski definition) is 6. The molecule has 0 spiro atoms. The summed E-state index contributed by atoms with van der Waals surface area (Å²) in [6, 6.07) is 0. The minimum Gasteiger partial charge on any atom is -0.444 e. The van der Waals surface area contributed by atoms with Crippen molar-refractivity contribution in [3.05, 3.63) is 28.5 Å². The van der Waals surface area contributed by atoms with Gasteiger partial charge in [-0.1, -0.05) is 0 Å². The van der Waals surface area contributed by atoms with Gasteiger partial charge in [0, 0.05) is 12.7 Å². The molecule has 0 aromatic carbocycles. The molecule has 0 radical (unpaired) electrons. The molecule has 7 heteroatoms. The molecule has 0 aliphatic heterocycles. The van der Waals surface area contributed by atoms with Crippen LogP contribution < -0.4 is 10.6 Å². The van der Waals surface area contributed by atoms with Gasteiger partial charge in [-0.3, -0.25) is 0 Å². The Hall–Kier alpha value is -1.63. The van der Waals surface area contributed by atoms with E-state index in [4.69, 9.17) is 4.42 Å². The Morgan fingerprint density at radius 2 is 2.11 bits per heavy atom. The summed E-state index contributed by atoms with van der Waals surface area (Å²) in [5.74, 6) is 2.72. The lowest BCUT2D eigenvalue weighted by Gasteiger charge is -2.07. The number of nitrogens with zero attached hydrogens (tertiary/aromatic N) is 3. The van der Waals surface area contributed by atoms with E-state index in [0.29, 0.717) is 24.2 Å². The van der Waals surface area contributed by atoms with Gasteiger partial charge in [-0.2, -0.15) is 4.98 Å². The number of anilines is 2. The molecule has 0 unspecified atom stereocenters. The minimum atomic E-state index is 0.481. The molecule has 0 aliphatic carbocycles. The van der Waals surface area contributed by atoms with E-state index in [1.54, 1.807) is 12.4 Å². The lowest BCUT2D eigenvalue weighted by atomic mass is 10.5. The van der Waals surface area contributed by atoms with Gasteiger partial charge >= 0.3 is 0 Å². The topological polar surface area (TPSA) is 75.9 Å². The van der Waals surface area contributed by atoms with Gasteiger partial charge in [-0.05, 0) is 29.8 Å². The quantitative estimate of drug-likeness (QED) is 0.884. The second-order valence-electron chi connectivity index (χ2n) is 3.64. The van der Waals surface area contributed by atoms with Crippen LogP contribution in [0.25, 0.3) is 0 Å². The molecule has 0 atom stereocenters. The number of aromatic nitrogens is 3. The van der Waals surface area contributed by atoms with Crippen molar-refractivity contribution in [2.45, 2.75) is 20.4 Å². The fraction of sp³-hybridized carbons (Fsp3) is 0.364. The van der Waals surface area contributed by atoms with E-state index in [1.165, 1.54) is 0 Å². The lowest BCUT2D eigenvalue weighted by molar-refractivity contribution is 0.478. The first-order chi connectivity index (χ1) is 8.69. The van der Waals surface area contributed by atoms with Crippen LogP contribution in [0.5, 0.6) is 0 Å². The number of aryl methyl sites for hydroxylation is 1. The highest BCUT2D eigenvalue weighted by molar-refractivity contribution is 9.10. The number of oxazole rings is 1. The SMILES string of the molecule is CCNc1ncc(Br)c(NCc2ncc(C)o2)n1. The molecule has 2 aromatic heterocycles. The van der Waals surface area contributed by atoms with Crippen molar-refractivity contribution in [2.75, 3.05) is 17.2 Å². The van der Waals surface area contributed by atoms with Crippen LogP contribution in [0.4, 0.5) is 11.8 Å². The van der Waals surface area contributed by atoms with E-state index < -0.39 is 0 Å². The molecule has 0 saturated carbocycles. The number of halogens is 1. The van der Waals surface area contributed by atoms with Gasteiger partial charge in [-0.15, -0.1) is 0 Å². The molecule has 0 aliphatic rings. The summed E-state index contributed by atoms with van der Waals surface area (Å²) in [7, 11) is 0. The maximum Gasteiger partial charge on any atom is 0.224 e. The smallest absolute Gasteiger partial charge is 0.224 e. The lowest BCUT2D eigenvalue weighted by Crippen LogP contribution is -2.07. The maximum atomic E-state index is 5.37. The Balaban J connectivity index is 2.05. The molecule has 2 aromatic rings. The fourth-order valence-electron chi connectivity index (χ4n) is 1.38. The predicted molar refractivity (Wildman–Crippen MR) is 72.5 cm³/mol. The van der Waals surface area contributed by atoms with Crippen molar-refractivity contribution < 1.29 is 4.42 Å². The van der Waals surface area contributed by atoms with Gasteiger partial charge in [0.1, 0.15) is 11.6 Å². The second kappa shape index (κ2) is 5.81. The highest BCUT2D eigenvalue weighted by Gasteiger charge is 2.06. The average Bonchev–Trinajstić information content (AvgIpc) is 2.76. The van der Waals surface area contributed by atoms with Crippen LogP contribution in [0.1, 0.15) is 18.6 Å². The summed E-state index contributed by atoms with van der Waals surface area (Å²) >= 11 is 3.39. The van der Waals surface area contributed by atoms with E-state index in [9.17, 15) is 0 Å². The Kier molecular flexibility index (Phi) is 4.14. The largest absolute Gasteiger partial charge is 0.444 e. The Labute approximate surface area is 113 Å². The van der Waals surface area contributed by atoms with Crippen LogP contribution in [0.2, 0.25) is 0 Å². The van der Waals surface area contributed by atoms with Crippen molar-refractivity contribution in [1.29, 1.82) is 0 Å². The van der Waals surface area contributed by atoms with Crippen LogP contribution in [-0.2, 0) is 6.54 Å². The van der Waals surface area contributed by atoms with Crippen LogP contribution in [-0.4, -0.2) is 21.5 Å². The van der Waals surface area contributed by atoms with Crippen LogP contribution >= 0.6 is 15.9 Å². The zero-order valence-corrected chi connectivity index (χ0v) is 11.8. The van der Waals surface area contributed by atoms with Crippen LogP contribution in [0.3, 0.4) is 0 Å². The third-order valence-electron chi connectivity index (χ3n) is 2.16. The van der Waals surface area contributed by atoms with Gasteiger partial charge < -0.3 is 15.1 Å². The van der Waals surface area contributed by atoms with Crippen molar-refractivity contribution in [3.8, 4) is 0 Å². The van der Waals surface area contributed by atoms with Crippen molar-refractivity contribution in [2.24, 2.45) is 0 Å². The minimum absolute atomic E-state index is 0.481. The summed E-state index contributed by atoms with van der Waals surface area (Å²) in [4.78, 5) is 12.6. The fourth-order valence-corrected chi connectivity index (χ4v) is 1.71. The predicted octanol–water partition coefficient (Wildman–Crippen LogP) is 2.58. The molecular weight excluding hydrogens is 298 g/mol. The van der Waals surface area contributed by atoms with Gasteiger partial charge in [0.2, 0.25) is 11.8 Å². The molecule has 0 bridgehead atoms. The summed E-state index contributed by atoms with van der Waals surface area (Å²) in [5.41, 5.74) is 0. The molecule has 96 valence electrons. The Bertz CT molecular complexity index is 528. The van der Waals surface area contributed by atoms with E-state index >= 15 is 0 Å². The van der Waals surface area contributed by atoms with Crippen LogP contribution in [0, 0.1) is 6.92 Å². The van der Waals surface area contributed by atoms with Gasteiger partial charge in [-0.25, -0.2) is 9.97 Å². The molecule has 2 N–H and O–H groups in total. The van der Waals surface area contributed by atoms with E-state index in [1.807, 2.05) is 13.8 Å². The summed E-state index contributed by atoms with van der Waals surface area (Å²) in [6.45, 7) is 5.11. The van der Waals surface area contributed by atoms with Gasteiger partial charge in [0.25, 0.3) is 0 Å². The van der Waals surface area contributed by atoms with Gasteiger partial charge in [0.05, 0.1) is 17.2 Å². The monoisotopic (exact) mass is 311 g/mol. The van der Waals surface area contributed by atoms with Crippen molar-refractivity contribution in [1.82, 2.24) is 15.0 Å². The number of hydrogen-bond donors (Lipinski definition) is 2. The van der Waals surface area contributed by atoms with Gasteiger partial charge in [0.15, 0.2) is 0 Å². The molecule has 6 nitrogen and oxygen atoms in total. The van der Waals surface area contributed by atoms with E-state index in [2.05, 4.69) is 41.5 Å². The highest BCUT2D eigenvalue weighted by atomic mass is 79.9. The van der Waals surface area contributed by atoms with E-state index in [0.717, 1.165) is 16.8 Å². The second-order valence-corrected chi connectivity index (χ2v) is 4.49. The zero-order valence-electron chi connectivity index (χ0n) is 10.2. The van der Waals surface area contributed by atoms with Crippen LogP contribution in [0.15, 0.2) is 21.3 Å². The first kappa shape index (κ1) is 12.8. The summed E-state index contributed by atoms with van der Waals surface area (Å²) in [5, 5.41) is 6.20. The molecule has 0 amide bonds. The number of nitrogens with one attached hydrogen (secondary N) is 2. The normalized spacial score (nSPS) is 10.4. The molecule has 2 heterocycles. The Morgan fingerprint density at radius 3 is 2.78 bits per heavy atom. The zero-order chi connectivity index (χ0) is 13.0. The van der Waals surface area contributed by atoms with Crippen molar-refractivity contribution in [3.63, 3.8) is 0 Å². The standard InChI is InChI=1S/C11H14BrN5O/c1-3-13-11-16-5-8(12)10(17-11)15-6-9-14-4-7(2)18-9/h4-5H,3,6H2,1-2H3,(H2,13,15,16,17). The molecule has 0 fully saturated rings. The third-order valence-corrected chi connectivity index (χ3v) is 2.74. The molecule has 0 saturated heterocycles. The highest BCUT2D eigenvalue weighted by Crippen LogP contribution is 2.20. The number of rotatable bonds is 5. The average molecular weight is 312 g/mol. The molecular formula is C11H14BrN5O. The maximum absolute atomic E-state index is 5.37. The van der Waals surface area contributed by atoms with Crippen molar-refractivity contribution >= 4 is 27.7 Å². The Morgan fingerprint density at radius 1 is 1.28 bits per heavy atom. The third kappa shape index (κ3) is 3.19. The molecule has 18 heavy (non-hydrogen) atoms. The first-order valence-electron chi connectivity index (χ1n) is 5.60. The molecule has 2 rings (SSSR count). The first-order valence-corrected chi connectivity index (χ1v) is 6.40. The summed E-state index contributed by atoms with van der Waals surface area (Å²) < 4.78 is 6.17. The summed E-state index contributed by atoms with van der Waals surface area (Å²) in [6.07, 6.45) is 3.39.